The molecule has 1 aromatic carbocycles. The highest BCUT2D eigenvalue weighted by atomic mass is 35.5. The Morgan fingerprint density at radius 3 is 2.67 bits per heavy atom. The van der Waals surface area contributed by atoms with E-state index in [1.54, 1.807) is 12.3 Å². The minimum Gasteiger partial charge on any atom is -0.377 e. The van der Waals surface area contributed by atoms with E-state index < -0.39 is 0 Å². The molecule has 2 unspecified atom stereocenters. The third-order valence-corrected chi connectivity index (χ3v) is 3.55. The lowest BCUT2D eigenvalue weighted by Crippen LogP contribution is -2.10. The number of hydrogen-bond acceptors (Lipinski definition) is 3. The fourth-order valence-electron chi connectivity index (χ4n) is 2.47. The average molecular weight is 260 g/mol. The first kappa shape index (κ1) is 11.5. The van der Waals surface area contributed by atoms with Crippen LogP contribution in [0.1, 0.15) is 29.6 Å². The normalized spacial score (nSPS) is 21.7. The van der Waals surface area contributed by atoms with E-state index in [0.717, 1.165) is 12.1 Å². The molecule has 3 nitrogen and oxygen atoms in total. The highest BCUT2D eigenvalue weighted by molar-refractivity contribution is 6.29. The Bertz CT molecular complexity index is 553. The first-order valence-corrected chi connectivity index (χ1v) is 6.34. The molecule has 2 aromatic rings. The van der Waals surface area contributed by atoms with E-state index in [1.165, 1.54) is 11.1 Å². The zero-order valence-corrected chi connectivity index (χ0v) is 10.6. The molecule has 1 aliphatic carbocycles. The van der Waals surface area contributed by atoms with Crippen molar-refractivity contribution in [2.75, 3.05) is 5.32 Å². The van der Waals surface area contributed by atoms with E-state index in [1.807, 2.05) is 18.2 Å². The van der Waals surface area contributed by atoms with Gasteiger partial charge in [-0.2, -0.15) is 0 Å². The molecular formula is C14H14ClN3. The number of fused-ring (bicyclic) bond motifs is 1. The maximum Gasteiger partial charge on any atom is 0.129 e. The van der Waals surface area contributed by atoms with Crippen LogP contribution in [0.25, 0.3) is 0 Å². The molecule has 0 bridgehead atoms. The molecule has 1 aromatic heterocycles. The van der Waals surface area contributed by atoms with Gasteiger partial charge in [-0.3, -0.25) is 0 Å². The standard InChI is InChI=1S/C14H14ClN3/c15-14-6-5-9(8-17-14)18-13-7-12(16)10-3-1-2-4-11(10)13/h1-6,8,12-13,18H,7,16H2. The predicted molar refractivity (Wildman–Crippen MR) is 73.6 cm³/mol. The highest BCUT2D eigenvalue weighted by Crippen LogP contribution is 2.38. The van der Waals surface area contributed by atoms with Crippen molar-refractivity contribution in [3.8, 4) is 0 Å². The molecule has 0 saturated heterocycles. The van der Waals surface area contributed by atoms with E-state index in [-0.39, 0.29) is 12.1 Å². The van der Waals surface area contributed by atoms with Crippen molar-refractivity contribution in [2.45, 2.75) is 18.5 Å². The van der Waals surface area contributed by atoms with Crippen molar-refractivity contribution < 1.29 is 0 Å². The maximum absolute atomic E-state index is 6.14. The Kier molecular flexibility index (Phi) is 2.94. The van der Waals surface area contributed by atoms with Crippen LogP contribution in [0.2, 0.25) is 5.15 Å². The van der Waals surface area contributed by atoms with Gasteiger partial charge in [-0.15, -0.1) is 0 Å². The van der Waals surface area contributed by atoms with Crippen LogP contribution in [0, 0.1) is 0 Å². The topological polar surface area (TPSA) is 50.9 Å². The summed E-state index contributed by atoms with van der Waals surface area (Å²) in [6.45, 7) is 0. The summed E-state index contributed by atoms with van der Waals surface area (Å²) in [6.07, 6.45) is 2.65. The summed E-state index contributed by atoms with van der Waals surface area (Å²) < 4.78 is 0. The number of nitrogens with two attached hydrogens (primary N) is 1. The third kappa shape index (κ3) is 2.07. The molecule has 0 fully saturated rings. The smallest absolute Gasteiger partial charge is 0.129 e. The Morgan fingerprint density at radius 1 is 1.17 bits per heavy atom. The second-order valence-electron chi connectivity index (χ2n) is 4.54. The Morgan fingerprint density at radius 2 is 1.94 bits per heavy atom. The van der Waals surface area contributed by atoms with E-state index in [9.17, 15) is 0 Å². The molecule has 0 amide bonds. The molecule has 1 aliphatic rings. The molecular weight excluding hydrogens is 246 g/mol. The molecule has 1 heterocycles. The van der Waals surface area contributed by atoms with Gasteiger partial charge in [0.2, 0.25) is 0 Å². The highest BCUT2D eigenvalue weighted by Gasteiger charge is 2.27. The monoisotopic (exact) mass is 259 g/mol. The molecule has 4 heteroatoms. The molecule has 0 aliphatic heterocycles. The quantitative estimate of drug-likeness (QED) is 0.814. The minimum atomic E-state index is 0.110. The van der Waals surface area contributed by atoms with Crippen LogP contribution in [-0.4, -0.2) is 4.98 Å². The van der Waals surface area contributed by atoms with Crippen molar-refractivity contribution in [1.29, 1.82) is 0 Å². The summed E-state index contributed by atoms with van der Waals surface area (Å²) in [5.41, 5.74) is 9.61. The number of halogens is 1. The van der Waals surface area contributed by atoms with Crippen LogP contribution < -0.4 is 11.1 Å². The van der Waals surface area contributed by atoms with Gasteiger partial charge in [0.15, 0.2) is 0 Å². The zero-order valence-electron chi connectivity index (χ0n) is 9.81. The largest absolute Gasteiger partial charge is 0.377 e. The minimum absolute atomic E-state index is 0.110. The van der Waals surface area contributed by atoms with Gasteiger partial charge in [-0.05, 0) is 29.7 Å². The predicted octanol–water partition coefficient (Wildman–Crippen LogP) is 3.29. The number of hydrogen-bond donors (Lipinski definition) is 2. The summed E-state index contributed by atoms with van der Waals surface area (Å²) in [5.74, 6) is 0. The number of pyridine rings is 1. The molecule has 0 saturated carbocycles. The molecule has 0 radical (unpaired) electrons. The van der Waals surface area contributed by atoms with Crippen molar-refractivity contribution >= 4 is 17.3 Å². The lowest BCUT2D eigenvalue weighted by molar-refractivity contribution is 0.648. The van der Waals surface area contributed by atoms with Crippen LogP contribution in [0.4, 0.5) is 5.69 Å². The van der Waals surface area contributed by atoms with E-state index >= 15 is 0 Å². The van der Waals surface area contributed by atoms with Crippen LogP contribution in [0.15, 0.2) is 42.6 Å². The van der Waals surface area contributed by atoms with Crippen LogP contribution in [0.5, 0.6) is 0 Å². The van der Waals surface area contributed by atoms with Gasteiger partial charge in [-0.1, -0.05) is 35.9 Å². The van der Waals surface area contributed by atoms with Gasteiger partial charge in [0, 0.05) is 6.04 Å². The van der Waals surface area contributed by atoms with Crippen LogP contribution in [-0.2, 0) is 0 Å². The van der Waals surface area contributed by atoms with Gasteiger partial charge in [0.1, 0.15) is 5.15 Å². The number of anilines is 1. The average Bonchev–Trinajstić information content (AvgIpc) is 2.70. The summed E-state index contributed by atoms with van der Waals surface area (Å²) in [5, 5.41) is 3.96. The first-order valence-electron chi connectivity index (χ1n) is 5.96. The molecule has 3 rings (SSSR count). The van der Waals surface area contributed by atoms with Gasteiger partial charge in [0.05, 0.1) is 17.9 Å². The fourth-order valence-corrected chi connectivity index (χ4v) is 2.58. The number of benzene rings is 1. The van der Waals surface area contributed by atoms with Crippen molar-refractivity contribution in [3.63, 3.8) is 0 Å². The summed E-state index contributed by atoms with van der Waals surface area (Å²) in [7, 11) is 0. The van der Waals surface area contributed by atoms with Gasteiger partial charge >= 0.3 is 0 Å². The van der Waals surface area contributed by atoms with E-state index in [2.05, 4.69) is 22.4 Å². The number of nitrogens with zero attached hydrogens (tertiary/aromatic N) is 1. The lowest BCUT2D eigenvalue weighted by Gasteiger charge is -2.15. The Hall–Kier alpha value is -1.58. The van der Waals surface area contributed by atoms with Crippen molar-refractivity contribution in [3.05, 3.63) is 58.9 Å². The molecule has 0 spiro atoms. The van der Waals surface area contributed by atoms with E-state index in [0.29, 0.717) is 5.15 Å². The second kappa shape index (κ2) is 4.59. The van der Waals surface area contributed by atoms with Crippen molar-refractivity contribution in [1.82, 2.24) is 4.98 Å². The fraction of sp³-hybridized carbons (Fsp3) is 0.214. The zero-order chi connectivity index (χ0) is 12.5. The second-order valence-corrected chi connectivity index (χ2v) is 4.92. The number of nitrogens with one attached hydrogen (secondary N) is 1. The molecule has 92 valence electrons. The molecule has 3 N–H and O–H groups in total. The summed E-state index contributed by atoms with van der Waals surface area (Å²) in [4.78, 5) is 4.07. The van der Waals surface area contributed by atoms with E-state index in [4.69, 9.17) is 17.3 Å². The molecule has 2 atom stereocenters. The molecule has 18 heavy (non-hydrogen) atoms. The SMILES string of the molecule is NC1CC(Nc2ccc(Cl)nc2)c2ccccc21. The van der Waals surface area contributed by atoms with Gasteiger partial charge < -0.3 is 11.1 Å². The number of aromatic nitrogens is 1. The summed E-state index contributed by atoms with van der Waals surface area (Å²) in [6, 6.07) is 12.4. The Balaban J connectivity index is 1.85. The Labute approximate surface area is 111 Å². The van der Waals surface area contributed by atoms with Crippen molar-refractivity contribution in [2.24, 2.45) is 5.73 Å². The van der Waals surface area contributed by atoms with Gasteiger partial charge in [0.25, 0.3) is 0 Å². The first-order chi connectivity index (χ1) is 8.74. The number of rotatable bonds is 2. The summed E-state index contributed by atoms with van der Waals surface area (Å²) >= 11 is 5.77. The third-order valence-electron chi connectivity index (χ3n) is 3.33. The lowest BCUT2D eigenvalue weighted by atomic mass is 10.1. The van der Waals surface area contributed by atoms with Crippen LogP contribution in [0.3, 0.4) is 0 Å². The van der Waals surface area contributed by atoms with Crippen LogP contribution >= 0.6 is 11.6 Å². The van der Waals surface area contributed by atoms with Gasteiger partial charge in [-0.25, -0.2) is 4.98 Å². The maximum atomic E-state index is 6.14.